The number of hydrogen-bond donors (Lipinski definition) is 3. The van der Waals surface area contributed by atoms with Crippen molar-refractivity contribution in [1.29, 1.82) is 0 Å². The lowest BCUT2D eigenvalue weighted by atomic mass is 10.4. The first-order valence-electron chi connectivity index (χ1n) is 2.79. The zero-order chi connectivity index (χ0) is 6.24. The molecule has 5 N–H and O–H groups in total. The van der Waals surface area contributed by atoms with Crippen LogP contribution in [-0.2, 0) is 0 Å². The minimum atomic E-state index is 0. The largest absolute Gasteiger partial charge is 0.344 e. The van der Waals surface area contributed by atoms with Crippen molar-refractivity contribution < 1.29 is 0 Å². The fraction of sp³-hybridized carbons (Fsp3) is 1.00. The number of piperazine rings is 1. The van der Waals surface area contributed by atoms with E-state index in [1.54, 1.807) is 0 Å². The SMILES string of the molecule is C1CNCCN1.N.[SiH3]Cl. The van der Waals surface area contributed by atoms with E-state index in [0.29, 0.717) is 0 Å². The molecule has 0 saturated carbocycles. The molecule has 0 aromatic rings. The van der Waals surface area contributed by atoms with Gasteiger partial charge < -0.3 is 16.8 Å². The van der Waals surface area contributed by atoms with E-state index in [1.165, 1.54) is 0 Å². The normalized spacial score (nSPS) is 17.0. The topological polar surface area (TPSA) is 59.1 Å². The van der Waals surface area contributed by atoms with Crippen LogP contribution in [0.2, 0.25) is 0 Å². The van der Waals surface area contributed by atoms with Crippen LogP contribution < -0.4 is 16.8 Å². The molecule has 3 nitrogen and oxygen atoms in total. The average molecular weight is 170 g/mol. The second-order valence-corrected chi connectivity index (χ2v) is 1.50. The number of halogens is 1. The Kier molecular flexibility index (Phi) is 15.1. The van der Waals surface area contributed by atoms with Crippen molar-refractivity contribution in [3.63, 3.8) is 0 Å². The van der Waals surface area contributed by atoms with Gasteiger partial charge in [0, 0.05) is 26.2 Å². The van der Waals surface area contributed by atoms with Crippen molar-refractivity contribution in [3.8, 4) is 0 Å². The molecular formula is C4H16ClN3Si. The summed E-state index contributed by atoms with van der Waals surface area (Å²) in [5.41, 5.74) is 0. The van der Waals surface area contributed by atoms with Gasteiger partial charge in [-0.05, 0) is 0 Å². The molecule has 9 heavy (non-hydrogen) atoms. The lowest BCUT2D eigenvalue weighted by Gasteiger charge is -2.11. The van der Waals surface area contributed by atoms with Crippen molar-refractivity contribution in [2.75, 3.05) is 26.2 Å². The molecule has 0 bridgehead atoms. The van der Waals surface area contributed by atoms with E-state index in [9.17, 15) is 0 Å². The van der Waals surface area contributed by atoms with Gasteiger partial charge in [0.1, 0.15) is 9.55 Å². The third kappa shape index (κ3) is 8.39. The molecule has 1 saturated heterocycles. The smallest absolute Gasteiger partial charge is 0.109 e. The van der Waals surface area contributed by atoms with Gasteiger partial charge >= 0.3 is 0 Å². The Bertz CT molecular complexity index is 31.3. The molecule has 58 valence electrons. The van der Waals surface area contributed by atoms with Crippen LogP contribution in [0.25, 0.3) is 0 Å². The van der Waals surface area contributed by atoms with Crippen LogP contribution in [0, 0.1) is 0 Å². The van der Waals surface area contributed by atoms with E-state index in [4.69, 9.17) is 11.1 Å². The summed E-state index contributed by atoms with van der Waals surface area (Å²) in [7, 11) is 0.778. The molecule has 0 atom stereocenters. The van der Waals surface area contributed by atoms with Crippen molar-refractivity contribution in [2.24, 2.45) is 0 Å². The van der Waals surface area contributed by atoms with Crippen LogP contribution in [0.3, 0.4) is 0 Å². The van der Waals surface area contributed by atoms with Crippen molar-refractivity contribution in [1.82, 2.24) is 16.8 Å². The summed E-state index contributed by atoms with van der Waals surface area (Å²) in [4.78, 5) is 0. The Morgan fingerprint density at radius 2 is 1.11 bits per heavy atom. The first kappa shape index (κ1) is 12.1. The van der Waals surface area contributed by atoms with Gasteiger partial charge in [-0.25, -0.2) is 0 Å². The first-order valence-corrected chi connectivity index (χ1v) is 5.82. The Morgan fingerprint density at radius 3 is 1.22 bits per heavy atom. The minimum absolute atomic E-state index is 0. The fourth-order valence-electron chi connectivity index (χ4n) is 0.604. The summed E-state index contributed by atoms with van der Waals surface area (Å²) in [5.74, 6) is 0. The summed E-state index contributed by atoms with van der Waals surface area (Å²) in [6.07, 6.45) is 0. The quantitative estimate of drug-likeness (QED) is 0.317. The van der Waals surface area contributed by atoms with Crippen molar-refractivity contribution >= 4 is 20.6 Å². The van der Waals surface area contributed by atoms with Crippen LogP contribution in [0.5, 0.6) is 0 Å². The van der Waals surface area contributed by atoms with E-state index in [-0.39, 0.29) is 6.15 Å². The summed E-state index contributed by atoms with van der Waals surface area (Å²) in [6.45, 7) is 4.56. The third-order valence-electron chi connectivity index (χ3n) is 0.957. The predicted octanol–water partition coefficient (Wildman–Crippen LogP) is -1.15. The van der Waals surface area contributed by atoms with Gasteiger partial charge in [-0.1, -0.05) is 0 Å². The van der Waals surface area contributed by atoms with Crippen LogP contribution in [0.1, 0.15) is 0 Å². The molecule has 5 heteroatoms. The lowest BCUT2D eigenvalue weighted by Crippen LogP contribution is -2.39. The molecule has 0 unspecified atom stereocenters. The van der Waals surface area contributed by atoms with Gasteiger partial charge in [0.2, 0.25) is 0 Å². The van der Waals surface area contributed by atoms with Gasteiger partial charge in [0.15, 0.2) is 0 Å². The van der Waals surface area contributed by atoms with Gasteiger partial charge in [-0.15, -0.1) is 0 Å². The molecule has 0 aromatic carbocycles. The summed E-state index contributed by atoms with van der Waals surface area (Å²) >= 11 is 4.78. The monoisotopic (exact) mass is 169 g/mol. The maximum absolute atomic E-state index is 4.78. The maximum atomic E-state index is 4.78. The Morgan fingerprint density at radius 1 is 0.889 bits per heavy atom. The van der Waals surface area contributed by atoms with Crippen molar-refractivity contribution in [3.05, 3.63) is 0 Å². The lowest BCUT2D eigenvalue weighted by molar-refractivity contribution is 0.534. The second-order valence-electron chi connectivity index (χ2n) is 1.50. The molecule has 1 aliphatic rings. The van der Waals surface area contributed by atoms with Crippen LogP contribution in [-0.4, -0.2) is 35.7 Å². The van der Waals surface area contributed by atoms with Gasteiger partial charge in [0.25, 0.3) is 0 Å². The molecule has 0 aliphatic carbocycles. The van der Waals surface area contributed by atoms with Gasteiger partial charge in [-0.2, -0.15) is 11.1 Å². The number of hydrogen-bond acceptors (Lipinski definition) is 3. The summed E-state index contributed by atoms with van der Waals surface area (Å²) < 4.78 is 0. The summed E-state index contributed by atoms with van der Waals surface area (Å²) in [6, 6.07) is 0. The van der Waals surface area contributed by atoms with Crippen molar-refractivity contribution in [2.45, 2.75) is 0 Å². The van der Waals surface area contributed by atoms with E-state index < -0.39 is 0 Å². The van der Waals surface area contributed by atoms with E-state index >= 15 is 0 Å². The molecule has 1 aliphatic heterocycles. The molecule has 1 rings (SSSR count). The Hall–Kier alpha value is 0.387. The number of nitrogens with one attached hydrogen (secondary N) is 2. The molecule has 0 radical (unpaired) electrons. The maximum Gasteiger partial charge on any atom is 0.109 e. The standard InChI is InChI=1S/C4H10N2.ClH3Si.H3N/c1-2-6-4-3-5-1;1-2;/h5-6H,1-4H2;2H3;1H3. The highest BCUT2D eigenvalue weighted by molar-refractivity contribution is 6.80. The Balaban J connectivity index is 0. The zero-order valence-electron chi connectivity index (χ0n) is 5.91. The summed E-state index contributed by atoms with van der Waals surface area (Å²) in [5, 5.41) is 6.44. The van der Waals surface area contributed by atoms with E-state index in [0.717, 1.165) is 35.7 Å². The molecule has 1 heterocycles. The van der Waals surface area contributed by atoms with Gasteiger partial charge in [-0.3, -0.25) is 0 Å². The van der Waals surface area contributed by atoms with Crippen LogP contribution in [0.15, 0.2) is 0 Å². The van der Waals surface area contributed by atoms with Gasteiger partial charge in [0.05, 0.1) is 0 Å². The molecule has 0 spiro atoms. The predicted molar refractivity (Wildman–Crippen MR) is 46.6 cm³/mol. The van der Waals surface area contributed by atoms with Crippen LogP contribution in [0.4, 0.5) is 0 Å². The zero-order valence-corrected chi connectivity index (χ0v) is 8.67. The highest BCUT2D eigenvalue weighted by atomic mass is 35.6. The molecule has 0 amide bonds. The molecule has 1 fully saturated rings. The molecule has 0 aromatic heterocycles. The second kappa shape index (κ2) is 11.2. The highest BCUT2D eigenvalue weighted by Crippen LogP contribution is 1.65. The first-order chi connectivity index (χ1) is 4.00. The van der Waals surface area contributed by atoms with Crippen LogP contribution >= 0.6 is 11.1 Å². The fourth-order valence-corrected chi connectivity index (χ4v) is 0.604. The van der Waals surface area contributed by atoms with E-state index in [2.05, 4.69) is 10.6 Å². The van der Waals surface area contributed by atoms with E-state index in [1.807, 2.05) is 0 Å². The number of rotatable bonds is 0. The Labute approximate surface area is 64.2 Å². The highest BCUT2D eigenvalue weighted by Gasteiger charge is 1.91. The third-order valence-corrected chi connectivity index (χ3v) is 0.957. The average Bonchev–Trinajstić information content (AvgIpc) is 1.96. The molecular weight excluding hydrogens is 154 g/mol. The minimum Gasteiger partial charge on any atom is -0.344 e.